The van der Waals surface area contributed by atoms with E-state index >= 15 is 0 Å². The Hall–Kier alpha value is -1.99. The van der Waals surface area contributed by atoms with Crippen LogP contribution in [0.25, 0.3) is 0 Å². The smallest absolute Gasteiger partial charge is 0.234 e. The maximum atomic E-state index is 12.1. The SMILES string of the molecule is COc1ncnc2c1CN(CC(=O)NCc1cccs1)CC2. The van der Waals surface area contributed by atoms with Crippen molar-refractivity contribution in [3.8, 4) is 5.88 Å². The van der Waals surface area contributed by atoms with Gasteiger partial charge in [0.05, 0.1) is 25.9 Å². The van der Waals surface area contributed by atoms with Gasteiger partial charge in [0, 0.05) is 30.0 Å². The molecule has 0 saturated heterocycles. The number of amides is 1. The molecule has 0 unspecified atom stereocenters. The minimum absolute atomic E-state index is 0.0349. The van der Waals surface area contributed by atoms with E-state index in [9.17, 15) is 4.79 Å². The van der Waals surface area contributed by atoms with Crippen LogP contribution in [0.15, 0.2) is 23.8 Å². The van der Waals surface area contributed by atoms with Gasteiger partial charge in [0.15, 0.2) is 0 Å². The molecule has 1 N–H and O–H groups in total. The number of carbonyl (C=O) groups excluding carboxylic acids is 1. The maximum Gasteiger partial charge on any atom is 0.234 e. The lowest BCUT2D eigenvalue weighted by Crippen LogP contribution is -2.40. The minimum Gasteiger partial charge on any atom is -0.481 e. The lowest BCUT2D eigenvalue weighted by Gasteiger charge is -2.27. The quantitative estimate of drug-likeness (QED) is 0.898. The van der Waals surface area contributed by atoms with Crippen molar-refractivity contribution in [2.24, 2.45) is 0 Å². The summed E-state index contributed by atoms with van der Waals surface area (Å²) in [6.45, 7) is 2.43. The summed E-state index contributed by atoms with van der Waals surface area (Å²) in [6, 6.07) is 4.00. The summed E-state index contributed by atoms with van der Waals surface area (Å²) >= 11 is 1.65. The van der Waals surface area contributed by atoms with Crippen molar-refractivity contribution in [2.75, 3.05) is 20.2 Å². The van der Waals surface area contributed by atoms with Crippen molar-refractivity contribution in [2.45, 2.75) is 19.5 Å². The van der Waals surface area contributed by atoms with Crippen LogP contribution < -0.4 is 10.1 Å². The Bertz CT molecular complexity index is 631. The largest absolute Gasteiger partial charge is 0.481 e. The Balaban J connectivity index is 1.56. The molecule has 1 amide bonds. The van der Waals surface area contributed by atoms with Crippen LogP contribution in [0.2, 0.25) is 0 Å². The summed E-state index contributed by atoms with van der Waals surface area (Å²) in [5, 5.41) is 4.96. The molecule has 2 aromatic rings. The van der Waals surface area contributed by atoms with Crippen molar-refractivity contribution in [3.63, 3.8) is 0 Å². The Morgan fingerprint density at radius 3 is 3.18 bits per heavy atom. The van der Waals surface area contributed by atoms with E-state index in [1.54, 1.807) is 18.4 Å². The van der Waals surface area contributed by atoms with E-state index < -0.39 is 0 Å². The topological polar surface area (TPSA) is 67.4 Å². The summed E-state index contributed by atoms with van der Waals surface area (Å²) < 4.78 is 5.29. The summed E-state index contributed by atoms with van der Waals surface area (Å²) in [5.41, 5.74) is 2.00. The van der Waals surface area contributed by atoms with Gasteiger partial charge in [-0.25, -0.2) is 9.97 Å². The molecule has 0 bridgehead atoms. The van der Waals surface area contributed by atoms with Gasteiger partial charge in [0.25, 0.3) is 0 Å². The fourth-order valence-corrected chi connectivity index (χ4v) is 3.18. The molecule has 6 nitrogen and oxygen atoms in total. The lowest BCUT2D eigenvalue weighted by atomic mass is 10.1. The van der Waals surface area contributed by atoms with Crippen LogP contribution in [-0.2, 0) is 24.3 Å². The molecule has 3 rings (SSSR count). The number of carbonyl (C=O) groups is 1. The van der Waals surface area contributed by atoms with Crippen molar-refractivity contribution < 1.29 is 9.53 Å². The van der Waals surface area contributed by atoms with Crippen molar-refractivity contribution in [3.05, 3.63) is 40.0 Å². The van der Waals surface area contributed by atoms with Crippen molar-refractivity contribution in [1.82, 2.24) is 20.2 Å². The second kappa shape index (κ2) is 6.85. The number of thiophene rings is 1. The molecule has 0 aromatic carbocycles. The van der Waals surface area contributed by atoms with E-state index in [0.717, 1.165) is 29.1 Å². The van der Waals surface area contributed by atoms with Crippen molar-refractivity contribution >= 4 is 17.2 Å². The van der Waals surface area contributed by atoms with E-state index in [0.29, 0.717) is 25.5 Å². The summed E-state index contributed by atoms with van der Waals surface area (Å²) in [5.74, 6) is 0.640. The molecule has 0 atom stereocenters. The van der Waals surface area contributed by atoms with E-state index in [-0.39, 0.29) is 5.91 Å². The number of nitrogens with zero attached hydrogens (tertiary/aromatic N) is 3. The Morgan fingerprint density at radius 1 is 1.50 bits per heavy atom. The summed E-state index contributed by atoms with van der Waals surface area (Å²) in [7, 11) is 1.61. The predicted octanol–water partition coefficient (Wildman–Crippen LogP) is 1.22. The second-order valence-electron chi connectivity index (χ2n) is 5.12. The van der Waals surface area contributed by atoms with E-state index in [4.69, 9.17) is 4.74 Å². The number of nitrogens with one attached hydrogen (secondary N) is 1. The molecule has 0 spiro atoms. The Morgan fingerprint density at radius 2 is 2.41 bits per heavy atom. The first-order valence-electron chi connectivity index (χ1n) is 7.14. The summed E-state index contributed by atoms with van der Waals surface area (Å²) in [4.78, 5) is 23.7. The van der Waals surface area contributed by atoms with Gasteiger partial charge < -0.3 is 10.1 Å². The standard InChI is InChI=1S/C15H18N4O2S/c1-21-15-12-8-19(5-4-13(12)17-10-18-15)9-14(20)16-7-11-3-2-6-22-11/h2-3,6,10H,4-5,7-9H2,1H3,(H,16,20). The van der Waals surface area contributed by atoms with E-state index in [1.807, 2.05) is 17.5 Å². The molecule has 116 valence electrons. The predicted molar refractivity (Wildman–Crippen MR) is 83.7 cm³/mol. The number of hydrogen-bond donors (Lipinski definition) is 1. The number of hydrogen-bond acceptors (Lipinski definition) is 6. The summed E-state index contributed by atoms with van der Waals surface area (Å²) in [6.07, 6.45) is 2.34. The Kier molecular flexibility index (Phi) is 4.65. The number of ether oxygens (including phenoxy) is 1. The number of aromatic nitrogens is 2. The minimum atomic E-state index is 0.0349. The number of fused-ring (bicyclic) bond motifs is 1. The van der Waals surface area contributed by atoms with Crippen LogP contribution >= 0.6 is 11.3 Å². The molecular weight excluding hydrogens is 300 g/mol. The van der Waals surface area contributed by atoms with Crippen LogP contribution in [0.5, 0.6) is 5.88 Å². The maximum absolute atomic E-state index is 12.1. The second-order valence-corrected chi connectivity index (χ2v) is 6.16. The number of methoxy groups -OCH3 is 1. The van der Waals surface area contributed by atoms with Crippen LogP contribution in [-0.4, -0.2) is 41.0 Å². The third-order valence-corrected chi connectivity index (χ3v) is 4.52. The molecule has 3 heterocycles. The van der Waals surface area contributed by atoms with E-state index in [2.05, 4.69) is 20.2 Å². The van der Waals surface area contributed by atoms with Gasteiger partial charge in [0.2, 0.25) is 11.8 Å². The highest BCUT2D eigenvalue weighted by Crippen LogP contribution is 2.23. The molecule has 0 fully saturated rings. The molecule has 0 radical (unpaired) electrons. The molecule has 0 aliphatic carbocycles. The van der Waals surface area contributed by atoms with Crippen LogP contribution in [0.3, 0.4) is 0 Å². The molecule has 1 aliphatic heterocycles. The first-order valence-corrected chi connectivity index (χ1v) is 8.02. The zero-order valence-corrected chi connectivity index (χ0v) is 13.2. The van der Waals surface area contributed by atoms with Gasteiger partial charge in [-0.1, -0.05) is 6.07 Å². The zero-order chi connectivity index (χ0) is 15.4. The third kappa shape index (κ3) is 3.42. The fraction of sp³-hybridized carbons (Fsp3) is 0.400. The highest BCUT2D eigenvalue weighted by atomic mass is 32.1. The molecule has 2 aromatic heterocycles. The molecule has 7 heteroatoms. The van der Waals surface area contributed by atoms with Gasteiger partial charge in [0.1, 0.15) is 6.33 Å². The van der Waals surface area contributed by atoms with Crippen LogP contribution in [0, 0.1) is 0 Å². The first kappa shape index (κ1) is 14.9. The molecule has 0 saturated carbocycles. The first-order chi connectivity index (χ1) is 10.8. The van der Waals surface area contributed by atoms with E-state index in [1.165, 1.54) is 6.33 Å². The normalized spacial score (nSPS) is 14.4. The van der Waals surface area contributed by atoms with Gasteiger partial charge in [-0.3, -0.25) is 9.69 Å². The monoisotopic (exact) mass is 318 g/mol. The molecule has 1 aliphatic rings. The van der Waals surface area contributed by atoms with Gasteiger partial charge in [-0.05, 0) is 11.4 Å². The zero-order valence-electron chi connectivity index (χ0n) is 12.4. The fourth-order valence-electron chi connectivity index (χ4n) is 2.54. The van der Waals surface area contributed by atoms with Crippen molar-refractivity contribution in [1.29, 1.82) is 0 Å². The average Bonchev–Trinajstić information content (AvgIpc) is 3.06. The number of rotatable bonds is 5. The van der Waals surface area contributed by atoms with Gasteiger partial charge in [-0.15, -0.1) is 11.3 Å². The lowest BCUT2D eigenvalue weighted by molar-refractivity contribution is -0.122. The third-order valence-electron chi connectivity index (χ3n) is 3.64. The highest BCUT2D eigenvalue weighted by Gasteiger charge is 2.22. The average molecular weight is 318 g/mol. The Labute approximate surface area is 133 Å². The van der Waals surface area contributed by atoms with Crippen LogP contribution in [0.1, 0.15) is 16.1 Å². The molecule has 22 heavy (non-hydrogen) atoms. The van der Waals surface area contributed by atoms with Gasteiger partial charge >= 0.3 is 0 Å². The molecular formula is C15H18N4O2S. The highest BCUT2D eigenvalue weighted by molar-refractivity contribution is 7.09. The van der Waals surface area contributed by atoms with Crippen LogP contribution in [0.4, 0.5) is 0 Å². The van der Waals surface area contributed by atoms with Gasteiger partial charge in [-0.2, -0.15) is 0 Å².